The number of rotatable bonds is 3. The van der Waals surface area contributed by atoms with Crippen LogP contribution in [0.3, 0.4) is 0 Å². The Hall–Kier alpha value is -4.77. The van der Waals surface area contributed by atoms with Gasteiger partial charge in [0, 0.05) is 45.0 Å². The van der Waals surface area contributed by atoms with E-state index in [1.807, 2.05) is 12.3 Å². The topological polar surface area (TPSA) is 70.2 Å². The van der Waals surface area contributed by atoms with E-state index < -0.39 is 0 Å². The van der Waals surface area contributed by atoms with Gasteiger partial charge < -0.3 is 9.97 Å². The predicted molar refractivity (Wildman–Crippen MR) is 167 cm³/mol. The van der Waals surface area contributed by atoms with Gasteiger partial charge in [-0.1, -0.05) is 76.2 Å². The van der Waals surface area contributed by atoms with Crippen LogP contribution in [0, 0.1) is 0 Å². The largest absolute Gasteiger partial charge is 0.341 e. The highest BCUT2D eigenvalue weighted by molar-refractivity contribution is 6.25. The molecule has 0 aliphatic rings. The second-order valence-corrected chi connectivity index (χ2v) is 11.5. The first-order valence-corrected chi connectivity index (χ1v) is 14.0. The van der Waals surface area contributed by atoms with Crippen molar-refractivity contribution in [3.63, 3.8) is 0 Å². The molecule has 8 rings (SSSR count). The molecule has 0 aliphatic heterocycles. The minimum atomic E-state index is 0.318. The maximum atomic E-state index is 5.00. The van der Waals surface area contributed by atoms with Gasteiger partial charge in [-0.3, -0.25) is 4.98 Å². The van der Waals surface area contributed by atoms with Crippen LogP contribution in [0.4, 0.5) is 0 Å². The summed E-state index contributed by atoms with van der Waals surface area (Å²) >= 11 is 0. The lowest BCUT2D eigenvalue weighted by Crippen LogP contribution is -1.88. The second kappa shape index (κ2) is 8.36. The van der Waals surface area contributed by atoms with Gasteiger partial charge in [0.2, 0.25) is 0 Å². The molecule has 194 valence electrons. The van der Waals surface area contributed by atoms with Crippen molar-refractivity contribution in [2.24, 2.45) is 0 Å². The van der Waals surface area contributed by atoms with Crippen molar-refractivity contribution in [1.29, 1.82) is 0 Å². The van der Waals surface area contributed by atoms with Crippen LogP contribution in [0.1, 0.15) is 51.2 Å². The molecule has 40 heavy (non-hydrogen) atoms. The minimum absolute atomic E-state index is 0.318. The zero-order valence-electron chi connectivity index (χ0n) is 23.0. The molecule has 5 nitrogen and oxygen atoms in total. The van der Waals surface area contributed by atoms with E-state index in [-0.39, 0.29) is 0 Å². The Labute approximate surface area is 231 Å². The fraction of sp³-hybridized carbons (Fsp3) is 0.171. The van der Waals surface area contributed by atoms with Crippen molar-refractivity contribution in [1.82, 2.24) is 24.9 Å². The van der Waals surface area contributed by atoms with Crippen molar-refractivity contribution in [3.8, 4) is 11.1 Å². The fourth-order valence-electron chi connectivity index (χ4n) is 6.15. The highest BCUT2D eigenvalue weighted by Crippen LogP contribution is 2.39. The van der Waals surface area contributed by atoms with Crippen molar-refractivity contribution in [3.05, 3.63) is 90.6 Å². The molecule has 0 amide bonds. The van der Waals surface area contributed by atoms with Gasteiger partial charge in [-0.15, -0.1) is 0 Å². The van der Waals surface area contributed by atoms with Gasteiger partial charge in [0.15, 0.2) is 0 Å². The molecule has 0 atom stereocenters. The molecule has 5 aromatic carbocycles. The van der Waals surface area contributed by atoms with Crippen LogP contribution < -0.4 is 0 Å². The standard InChI is InChI=1S/C35H29N5/c1-18(2)34-37-30-23-9-6-5-8-22(23)27-16-20(11-13-24(27)31(30)38-34)21-12-14-25-28(17-21)29-26(10-7-15-36-29)33-32(25)39-35(40-33)19(3)4/h5-19H,1-4H3,(H,37,38)(H,39,40). The van der Waals surface area contributed by atoms with E-state index in [1.54, 1.807) is 0 Å². The molecule has 0 radical (unpaired) electrons. The van der Waals surface area contributed by atoms with Gasteiger partial charge in [-0.2, -0.15) is 0 Å². The number of pyridine rings is 1. The number of hydrogen-bond donors (Lipinski definition) is 2. The van der Waals surface area contributed by atoms with E-state index >= 15 is 0 Å². The highest BCUT2D eigenvalue weighted by atomic mass is 14.9. The predicted octanol–water partition coefficient (Wildman–Crippen LogP) is 9.36. The third-order valence-corrected chi connectivity index (χ3v) is 8.24. The Morgan fingerprint density at radius 3 is 1.70 bits per heavy atom. The second-order valence-electron chi connectivity index (χ2n) is 11.5. The number of nitrogens with zero attached hydrogens (tertiary/aromatic N) is 3. The lowest BCUT2D eigenvalue weighted by atomic mass is 9.94. The summed E-state index contributed by atoms with van der Waals surface area (Å²) in [6.45, 7) is 8.70. The molecule has 0 aliphatic carbocycles. The molecule has 8 aromatic rings. The number of fused-ring (bicyclic) bond motifs is 12. The van der Waals surface area contributed by atoms with Crippen LogP contribution >= 0.6 is 0 Å². The molecule has 0 spiro atoms. The summed E-state index contributed by atoms with van der Waals surface area (Å²) in [6, 6.07) is 26.3. The number of H-pyrrole nitrogens is 2. The van der Waals surface area contributed by atoms with Crippen LogP contribution in [0.5, 0.6) is 0 Å². The van der Waals surface area contributed by atoms with Crippen LogP contribution in [-0.2, 0) is 0 Å². The van der Waals surface area contributed by atoms with E-state index in [9.17, 15) is 0 Å². The van der Waals surface area contributed by atoms with Crippen molar-refractivity contribution >= 4 is 65.3 Å². The number of hydrogen-bond acceptors (Lipinski definition) is 3. The number of benzene rings is 5. The van der Waals surface area contributed by atoms with E-state index in [0.29, 0.717) is 11.8 Å². The van der Waals surface area contributed by atoms with Crippen LogP contribution in [0.25, 0.3) is 76.4 Å². The molecule has 0 saturated heterocycles. The number of nitrogens with one attached hydrogen (secondary N) is 2. The molecule has 2 N–H and O–H groups in total. The Bertz CT molecular complexity index is 2120. The Kier molecular flexibility index (Phi) is 4.84. The van der Waals surface area contributed by atoms with Crippen LogP contribution in [0.2, 0.25) is 0 Å². The van der Waals surface area contributed by atoms with Crippen LogP contribution in [0.15, 0.2) is 79.0 Å². The number of imidazole rings is 2. The maximum Gasteiger partial charge on any atom is 0.109 e. The van der Waals surface area contributed by atoms with Gasteiger partial charge in [0.05, 0.1) is 27.6 Å². The molecular formula is C35H29N5. The van der Waals surface area contributed by atoms with Gasteiger partial charge in [0.1, 0.15) is 11.6 Å². The summed E-state index contributed by atoms with van der Waals surface area (Å²) in [4.78, 5) is 22.0. The summed E-state index contributed by atoms with van der Waals surface area (Å²) in [6.07, 6.45) is 1.87. The fourth-order valence-corrected chi connectivity index (χ4v) is 6.15. The summed E-state index contributed by atoms with van der Waals surface area (Å²) in [5.41, 5.74) is 7.57. The molecule has 0 fully saturated rings. The lowest BCUT2D eigenvalue weighted by molar-refractivity contribution is 0.799. The van der Waals surface area contributed by atoms with E-state index in [2.05, 4.69) is 104 Å². The lowest BCUT2D eigenvalue weighted by Gasteiger charge is -2.11. The van der Waals surface area contributed by atoms with E-state index in [4.69, 9.17) is 15.0 Å². The summed E-state index contributed by atoms with van der Waals surface area (Å²) in [7, 11) is 0. The first-order valence-electron chi connectivity index (χ1n) is 14.0. The van der Waals surface area contributed by atoms with Crippen molar-refractivity contribution in [2.75, 3.05) is 0 Å². The Morgan fingerprint density at radius 2 is 1.05 bits per heavy atom. The average molecular weight is 520 g/mol. The third kappa shape index (κ3) is 3.24. The number of aromatic nitrogens is 5. The third-order valence-electron chi connectivity index (χ3n) is 8.24. The van der Waals surface area contributed by atoms with E-state index in [1.165, 1.54) is 32.7 Å². The van der Waals surface area contributed by atoms with Crippen molar-refractivity contribution < 1.29 is 0 Å². The summed E-state index contributed by atoms with van der Waals surface area (Å²) in [5.74, 6) is 2.68. The molecular weight excluding hydrogens is 490 g/mol. The molecule has 3 heterocycles. The highest BCUT2D eigenvalue weighted by Gasteiger charge is 2.17. The Balaban J connectivity index is 1.41. The molecule has 0 bridgehead atoms. The normalized spacial score (nSPS) is 12.4. The minimum Gasteiger partial charge on any atom is -0.341 e. The van der Waals surface area contributed by atoms with Gasteiger partial charge >= 0.3 is 0 Å². The van der Waals surface area contributed by atoms with Gasteiger partial charge in [-0.05, 0) is 46.2 Å². The van der Waals surface area contributed by atoms with Crippen molar-refractivity contribution in [2.45, 2.75) is 39.5 Å². The van der Waals surface area contributed by atoms with E-state index in [0.717, 1.165) is 55.4 Å². The number of aromatic amines is 2. The zero-order chi connectivity index (χ0) is 27.1. The van der Waals surface area contributed by atoms with Crippen LogP contribution in [-0.4, -0.2) is 24.9 Å². The maximum absolute atomic E-state index is 5.00. The zero-order valence-corrected chi connectivity index (χ0v) is 23.0. The monoisotopic (exact) mass is 519 g/mol. The quantitative estimate of drug-likeness (QED) is 0.228. The summed E-state index contributed by atoms with van der Waals surface area (Å²) in [5, 5.41) is 8.20. The van der Waals surface area contributed by atoms with Gasteiger partial charge in [-0.25, -0.2) is 9.97 Å². The first-order chi connectivity index (χ1) is 19.5. The molecule has 5 heteroatoms. The van der Waals surface area contributed by atoms with Gasteiger partial charge in [0.25, 0.3) is 0 Å². The SMILES string of the molecule is CC(C)c1nc2c3ccccc3c3cc(-c4ccc5c(c4)c4ncccc4c4nc(C(C)C)[nH]c54)ccc3c2[nH]1. The molecule has 3 aromatic heterocycles. The average Bonchev–Trinajstić information content (AvgIpc) is 3.64. The Morgan fingerprint density at radius 1 is 0.500 bits per heavy atom. The molecule has 0 unspecified atom stereocenters. The summed E-state index contributed by atoms with van der Waals surface area (Å²) < 4.78 is 0. The molecule has 0 saturated carbocycles. The smallest absolute Gasteiger partial charge is 0.109 e. The first kappa shape index (κ1) is 23.1.